The van der Waals surface area contributed by atoms with Crippen LogP contribution in [-0.4, -0.2) is 30.4 Å². The average Bonchev–Trinajstić information content (AvgIpc) is 2.47. The van der Waals surface area contributed by atoms with E-state index >= 15 is 0 Å². The number of amides is 2. The van der Waals surface area contributed by atoms with Crippen LogP contribution in [0.3, 0.4) is 0 Å². The minimum absolute atomic E-state index is 0.0177. The summed E-state index contributed by atoms with van der Waals surface area (Å²) in [5, 5.41) is 2.51. The van der Waals surface area contributed by atoms with Gasteiger partial charge in [-0.1, -0.05) is 19.1 Å². The molecule has 7 heteroatoms. The van der Waals surface area contributed by atoms with Crippen LogP contribution in [0.5, 0.6) is 0 Å². The van der Waals surface area contributed by atoms with Gasteiger partial charge in [-0.25, -0.2) is 4.39 Å². The van der Waals surface area contributed by atoms with Crippen LogP contribution >= 0.6 is 0 Å². The molecule has 0 heterocycles. The summed E-state index contributed by atoms with van der Waals surface area (Å²) in [5.74, 6) is -2.51. The van der Waals surface area contributed by atoms with Crippen LogP contribution < -0.4 is 11.1 Å². The number of carbonyl (C=O) groups excluding carboxylic acids is 3. The van der Waals surface area contributed by atoms with E-state index in [1.54, 1.807) is 13.8 Å². The van der Waals surface area contributed by atoms with E-state index in [0.29, 0.717) is 5.56 Å². The lowest BCUT2D eigenvalue weighted by molar-refractivity contribution is -0.144. The van der Waals surface area contributed by atoms with Gasteiger partial charge in [-0.3, -0.25) is 14.4 Å². The first kappa shape index (κ1) is 18.6. The molecule has 2 amide bonds. The molecule has 0 radical (unpaired) electrons. The third-order valence-corrected chi connectivity index (χ3v) is 3.26. The Balaban J connectivity index is 2.64. The number of benzene rings is 1. The zero-order valence-electron chi connectivity index (χ0n) is 13.2. The first-order valence-electron chi connectivity index (χ1n) is 7.32. The molecule has 0 aliphatic rings. The highest BCUT2D eigenvalue weighted by Gasteiger charge is 2.27. The number of nitrogens with one attached hydrogen (secondary N) is 1. The van der Waals surface area contributed by atoms with Crippen molar-refractivity contribution >= 4 is 17.8 Å². The molecule has 23 heavy (non-hydrogen) atoms. The predicted octanol–water partition coefficient (Wildman–Crippen LogP) is 0.928. The second-order valence-corrected chi connectivity index (χ2v) is 5.24. The molecular formula is C16H21FN2O4. The lowest BCUT2D eigenvalue weighted by atomic mass is 9.97. The highest BCUT2D eigenvalue weighted by molar-refractivity contribution is 5.88. The molecule has 126 valence electrons. The fraction of sp³-hybridized carbons (Fsp3) is 0.438. The molecule has 0 bridgehead atoms. The fourth-order valence-corrected chi connectivity index (χ4v) is 2.11. The smallest absolute Gasteiger partial charge is 0.306 e. The Bertz CT molecular complexity index is 560. The molecule has 1 aromatic carbocycles. The van der Waals surface area contributed by atoms with Crippen molar-refractivity contribution in [2.45, 2.75) is 32.7 Å². The number of carbonyl (C=O) groups is 3. The Morgan fingerprint density at radius 2 is 1.87 bits per heavy atom. The van der Waals surface area contributed by atoms with Gasteiger partial charge in [0.05, 0.1) is 19.4 Å². The SMILES string of the molecule is CCOC(=O)C[C@@H](C)[C@@H](NC(=O)Cc1ccc(F)cc1)C(N)=O. The first-order chi connectivity index (χ1) is 10.8. The molecule has 0 saturated heterocycles. The number of primary amides is 1. The van der Waals surface area contributed by atoms with E-state index in [-0.39, 0.29) is 19.4 Å². The van der Waals surface area contributed by atoms with Crippen LogP contribution in [0.4, 0.5) is 4.39 Å². The van der Waals surface area contributed by atoms with Crippen molar-refractivity contribution in [3.05, 3.63) is 35.6 Å². The van der Waals surface area contributed by atoms with Crippen LogP contribution in [0.2, 0.25) is 0 Å². The van der Waals surface area contributed by atoms with Gasteiger partial charge >= 0.3 is 5.97 Å². The van der Waals surface area contributed by atoms with Gasteiger partial charge in [-0.05, 0) is 30.5 Å². The molecule has 6 nitrogen and oxygen atoms in total. The van der Waals surface area contributed by atoms with Gasteiger partial charge in [0.25, 0.3) is 0 Å². The van der Waals surface area contributed by atoms with Gasteiger partial charge in [-0.2, -0.15) is 0 Å². The molecule has 0 fully saturated rings. The van der Waals surface area contributed by atoms with Gasteiger partial charge in [0.15, 0.2) is 0 Å². The molecule has 1 rings (SSSR count). The van der Waals surface area contributed by atoms with Gasteiger partial charge in [0, 0.05) is 0 Å². The van der Waals surface area contributed by atoms with Crippen LogP contribution in [0.15, 0.2) is 24.3 Å². The fourth-order valence-electron chi connectivity index (χ4n) is 2.11. The van der Waals surface area contributed by atoms with Crippen LogP contribution in [0.1, 0.15) is 25.8 Å². The maximum atomic E-state index is 12.8. The van der Waals surface area contributed by atoms with Gasteiger partial charge in [-0.15, -0.1) is 0 Å². The Labute approximate surface area is 134 Å². The minimum Gasteiger partial charge on any atom is -0.466 e. The third-order valence-electron chi connectivity index (χ3n) is 3.26. The summed E-state index contributed by atoms with van der Waals surface area (Å²) in [6.45, 7) is 3.55. The van der Waals surface area contributed by atoms with Crippen molar-refractivity contribution < 1.29 is 23.5 Å². The molecular weight excluding hydrogens is 303 g/mol. The number of hydrogen-bond acceptors (Lipinski definition) is 4. The molecule has 3 N–H and O–H groups in total. The Hall–Kier alpha value is -2.44. The maximum absolute atomic E-state index is 12.8. The molecule has 0 aliphatic heterocycles. The minimum atomic E-state index is -0.979. The van der Waals surface area contributed by atoms with Gasteiger partial charge in [0.2, 0.25) is 11.8 Å². The van der Waals surface area contributed by atoms with E-state index in [4.69, 9.17) is 10.5 Å². The largest absolute Gasteiger partial charge is 0.466 e. The van der Waals surface area contributed by atoms with Gasteiger partial charge < -0.3 is 15.8 Å². The van der Waals surface area contributed by atoms with E-state index in [0.717, 1.165) is 0 Å². The number of esters is 1. The highest BCUT2D eigenvalue weighted by atomic mass is 19.1. The van der Waals surface area contributed by atoms with Crippen molar-refractivity contribution in [2.24, 2.45) is 11.7 Å². The summed E-state index contributed by atoms with van der Waals surface area (Å²) in [7, 11) is 0. The van der Waals surface area contributed by atoms with E-state index in [9.17, 15) is 18.8 Å². The monoisotopic (exact) mass is 324 g/mol. The summed E-state index contributed by atoms with van der Waals surface area (Å²) in [5.41, 5.74) is 5.90. The number of nitrogens with two attached hydrogens (primary N) is 1. The molecule has 2 atom stereocenters. The van der Waals surface area contributed by atoms with Gasteiger partial charge in [0.1, 0.15) is 11.9 Å². The third kappa shape index (κ3) is 6.46. The molecule has 0 aliphatic carbocycles. The zero-order chi connectivity index (χ0) is 17.4. The van der Waals surface area contributed by atoms with Crippen molar-refractivity contribution in [1.29, 1.82) is 0 Å². The predicted molar refractivity (Wildman–Crippen MR) is 81.6 cm³/mol. The number of halogens is 1. The Kier molecular flexibility index (Phi) is 7.18. The van der Waals surface area contributed by atoms with Crippen molar-refractivity contribution in [1.82, 2.24) is 5.32 Å². The second-order valence-electron chi connectivity index (χ2n) is 5.24. The normalized spacial score (nSPS) is 13.0. The van der Waals surface area contributed by atoms with Crippen molar-refractivity contribution in [2.75, 3.05) is 6.61 Å². The standard InChI is InChI=1S/C16H21FN2O4/c1-3-23-14(21)8-10(2)15(16(18)22)19-13(20)9-11-4-6-12(17)7-5-11/h4-7,10,15H,3,8-9H2,1-2H3,(H2,18,22)(H,19,20)/t10-,15-/m1/s1. The van der Waals surface area contributed by atoms with E-state index in [1.165, 1.54) is 24.3 Å². The van der Waals surface area contributed by atoms with E-state index < -0.39 is 35.6 Å². The van der Waals surface area contributed by atoms with E-state index in [2.05, 4.69) is 5.32 Å². The summed E-state index contributed by atoms with van der Waals surface area (Å²) in [6.07, 6.45) is -0.0472. The number of hydrogen-bond donors (Lipinski definition) is 2. The van der Waals surface area contributed by atoms with E-state index in [1.807, 2.05) is 0 Å². The molecule has 1 aromatic rings. The molecule has 0 spiro atoms. The van der Waals surface area contributed by atoms with Crippen LogP contribution in [0, 0.1) is 11.7 Å². The highest BCUT2D eigenvalue weighted by Crippen LogP contribution is 2.10. The topological polar surface area (TPSA) is 98.5 Å². The Morgan fingerprint density at radius 1 is 1.26 bits per heavy atom. The van der Waals surface area contributed by atoms with Crippen LogP contribution in [0.25, 0.3) is 0 Å². The molecule has 0 unspecified atom stereocenters. The second kappa shape index (κ2) is 8.87. The summed E-state index contributed by atoms with van der Waals surface area (Å²) >= 11 is 0. The molecule has 0 saturated carbocycles. The zero-order valence-corrected chi connectivity index (χ0v) is 13.2. The Morgan fingerprint density at radius 3 is 2.39 bits per heavy atom. The first-order valence-corrected chi connectivity index (χ1v) is 7.32. The lowest BCUT2D eigenvalue weighted by Gasteiger charge is -2.21. The van der Waals surface area contributed by atoms with Crippen LogP contribution in [-0.2, 0) is 25.5 Å². The quantitative estimate of drug-likeness (QED) is 0.695. The number of rotatable bonds is 8. The maximum Gasteiger partial charge on any atom is 0.306 e. The average molecular weight is 324 g/mol. The number of ether oxygens (including phenoxy) is 1. The lowest BCUT2D eigenvalue weighted by Crippen LogP contribution is -2.49. The van der Waals surface area contributed by atoms with Crippen molar-refractivity contribution in [3.8, 4) is 0 Å². The summed E-state index contributed by atoms with van der Waals surface area (Å²) in [4.78, 5) is 35.0. The summed E-state index contributed by atoms with van der Waals surface area (Å²) in [6, 6.07) is 4.48. The molecule has 0 aromatic heterocycles. The van der Waals surface area contributed by atoms with Crippen molar-refractivity contribution in [3.63, 3.8) is 0 Å². The summed E-state index contributed by atoms with van der Waals surface area (Å²) < 4.78 is 17.6.